The van der Waals surface area contributed by atoms with Crippen molar-refractivity contribution in [3.8, 4) is 0 Å². The Kier molecular flexibility index (Phi) is 7.58. The van der Waals surface area contributed by atoms with Gasteiger partial charge in [0.15, 0.2) is 0 Å². The molecule has 6 unspecified atom stereocenters. The average Bonchev–Trinajstić information content (AvgIpc) is 2.42. The van der Waals surface area contributed by atoms with Crippen molar-refractivity contribution in [2.75, 3.05) is 0 Å². The molecule has 1 aliphatic carbocycles. The summed E-state index contributed by atoms with van der Waals surface area (Å²) in [4.78, 5) is 0. The second-order valence-electron chi connectivity index (χ2n) is 7.86. The lowest BCUT2D eigenvalue weighted by Gasteiger charge is -2.47. The summed E-state index contributed by atoms with van der Waals surface area (Å²) in [6.45, 7) is 14.2. The van der Waals surface area contributed by atoms with Gasteiger partial charge in [-0.3, -0.25) is 0 Å². The summed E-state index contributed by atoms with van der Waals surface area (Å²) >= 11 is 0. The highest BCUT2D eigenvalue weighted by Crippen LogP contribution is 2.47. The van der Waals surface area contributed by atoms with Gasteiger partial charge >= 0.3 is 0 Å². The minimum Gasteiger partial charge on any atom is -0.328 e. The molecule has 0 aliphatic heterocycles. The Balaban J connectivity index is 2.79. The van der Waals surface area contributed by atoms with E-state index in [2.05, 4.69) is 41.5 Å². The molecule has 1 saturated carbocycles. The molecule has 0 heterocycles. The molecule has 2 N–H and O–H groups in total. The lowest BCUT2D eigenvalue weighted by Crippen LogP contribution is -2.45. The predicted octanol–water partition coefficient (Wildman–Crippen LogP) is 5.48. The Labute approximate surface area is 128 Å². The normalized spacial score (nSPS) is 34.2. The highest BCUT2D eigenvalue weighted by atomic mass is 14.7. The Hall–Kier alpha value is -0.0400. The summed E-state index contributed by atoms with van der Waals surface area (Å²) in [5.74, 6) is 5.05. The van der Waals surface area contributed by atoms with Crippen LogP contribution < -0.4 is 5.73 Å². The van der Waals surface area contributed by atoms with E-state index < -0.39 is 0 Å². The van der Waals surface area contributed by atoms with Crippen LogP contribution in [0.15, 0.2) is 0 Å². The molecule has 1 nitrogen and oxygen atoms in total. The fraction of sp³-hybridized carbons (Fsp3) is 1.00. The topological polar surface area (TPSA) is 26.0 Å². The molecule has 1 aliphatic rings. The molecule has 120 valence electrons. The molecule has 6 atom stereocenters. The molecule has 0 amide bonds. The van der Waals surface area contributed by atoms with Crippen molar-refractivity contribution < 1.29 is 0 Å². The fourth-order valence-electron chi connectivity index (χ4n) is 4.70. The van der Waals surface area contributed by atoms with Gasteiger partial charge in [0.1, 0.15) is 0 Å². The average molecular weight is 282 g/mol. The third kappa shape index (κ3) is 4.48. The lowest BCUT2D eigenvalue weighted by atomic mass is 9.59. The van der Waals surface area contributed by atoms with Crippen LogP contribution in [-0.2, 0) is 0 Å². The van der Waals surface area contributed by atoms with Crippen LogP contribution in [-0.4, -0.2) is 6.04 Å². The molecule has 1 heteroatoms. The Morgan fingerprint density at radius 1 is 1.05 bits per heavy atom. The molecule has 0 radical (unpaired) electrons. The van der Waals surface area contributed by atoms with Crippen LogP contribution >= 0.6 is 0 Å². The molecule has 0 bridgehead atoms. The van der Waals surface area contributed by atoms with Gasteiger partial charge in [0.2, 0.25) is 0 Å². The van der Waals surface area contributed by atoms with Crippen LogP contribution in [0.5, 0.6) is 0 Å². The van der Waals surface area contributed by atoms with E-state index in [9.17, 15) is 0 Å². The van der Waals surface area contributed by atoms with E-state index in [1.54, 1.807) is 0 Å². The molecule has 0 spiro atoms. The molecule has 1 fully saturated rings. The van der Waals surface area contributed by atoms with Gasteiger partial charge in [-0.2, -0.15) is 0 Å². The van der Waals surface area contributed by atoms with E-state index in [1.165, 1.54) is 38.5 Å². The number of rotatable bonds is 7. The number of hydrogen-bond acceptors (Lipinski definition) is 1. The van der Waals surface area contributed by atoms with E-state index in [-0.39, 0.29) is 0 Å². The number of hydrogen-bond donors (Lipinski definition) is 1. The quantitative estimate of drug-likeness (QED) is 0.656. The van der Waals surface area contributed by atoms with Crippen molar-refractivity contribution in [2.24, 2.45) is 41.2 Å². The maximum absolute atomic E-state index is 6.36. The van der Waals surface area contributed by atoms with Crippen LogP contribution in [0.25, 0.3) is 0 Å². The van der Waals surface area contributed by atoms with Crippen molar-refractivity contribution >= 4 is 0 Å². The van der Waals surface area contributed by atoms with Crippen molar-refractivity contribution in [3.05, 3.63) is 0 Å². The van der Waals surface area contributed by atoms with Crippen molar-refractivity contribution in [1.82, 2.24) is 0 Å². The lowest BCUT2D eigenvalue weighted by molar-refractivity contribution is 0.0348. The van der Waals surface area contributed by atoms with Gasteiger partial charge in [0.25, 0.3) is 0 Å². The van der Waals surface area contributed by atoms with E-state index >= 15 is 0 Å². The largest absolute Gasteiger partial charge is 0.328 e. The highest BCUT2D eigenvalue weighted by Gasteiger charge is 2.41. The summed E-state index contributed by atoms with van der Waals surface area (Å²) in [5.41, 5.74) is 6.36. The Morgan fingerprint density at radius 3 is 2.15 bits per heavy atom. The van der Waals surface area contributed by atoms with Gasteiger partial charge in [0.05, 0.1) is 0 Å². The second kappa shape index (κ2) is 8.41. The van der Waals surface area contributed by atoms with Crippen LogP contribution in [0, 0.1) is 35.5 Å². The molecule has 0 aromatic rings. The third-order valence-corrected chi connectivity index (χ3v) is 6.02. The van der Waals surface area contributed by atoms with Gasteiger partial charge in [-0.15, -0.1) is 0 Å². The van der Waals surface area contributed by atoms with E-state index in [1.807, 2.05) is 0 Å². The first-order valence-electron chi connectivity index (χ1n) is 9.17. The first-order valence-corrected chi connectivity index (χ1v) is 9.17. The standard InChI is InChI=1S/C19H39N/c1-7-9-10-14(5)17-11-16(8-2)19(15(6)20)18(12-17)13(3)4/h13-19H,7-12,20H2,1-6H3. The SMILES string of the molecule is CCCCC(C)C1CC(CC)C(C(C)N)C(C(C)C)C1. The van der Waals surface area contributed by atoms with Crippen LogP contribution in [0.3, 0.4) is 0 Å². The number of unbranched alkanes of at least 4 members (excludes halogenated alkanes) is 1. The first kappa shape index (κ1) is 18.0. The number of nitrogens with two attached hydrogens (primary N) is 1. The van der Waals surface area contributed by atoms with Gasteiger partial charge < -0.3 is 5.73 Å². The minimum absolute atomic E-state index is 0.360. The summed E-state index contributed by atoms with van der Waals surface area (Å²) in [6.07, 6.45) is 8.32. The molecule has 0 saturated heterocycles. The smallest absolute Gasteiger partial charge is 0.00441 e. The van der Waals surface area contributed by atoms with E-state index in [0.29, 0.717) is 6.04 Å². The Morgan fingerprint density at radius 2 is 1.70 bits per heavy atom. The maximum Gasteiger partial charge on any atom is 0.00441 e. The molecule has 20 heavy (non-hydrogen) atoms. The van der Waals surface area contributed by atoms with Crippen molar-refractivity contribution in [3.63, 3.8) is 0 Å². The molecule has 0 aromatic carbocycles. The third-order valence-electron chi connectivity index (χ3n) is 6.02. The van der Waals surface area contributed by atoms with Crippen molar-refractivity contribution in [1.29, 1.82) is 0 Å². The Bertz CT molecular complexity index is 258. The van der Waals surface area contributed by atoms with Gasteiger partial charge in [-0.05, 0) is 55.3 Å². The zero-order chi connectivity index (χ0) is 15.3. The van der Waals surface area contributed by atoms with Gasteiger partial charge in [-0.25, -0.2) is 0 Å². The highest BCUT2D eigenvalue weighted by molar-refractivity contribution is 4.92. The second-order valence-corrected chi connectivity index (χ2v) is 7.86. The zero-order valence-electron chi connectivity index (χ0n) is 14.9. The molecule has 1 rings (SSSR count). The zero-order valence-corrected chi connectivity index (χ0v) is 14.9. The van der Waals surface area contributed by atoms with Gasteiger partial charge in [-0.1, -0.05) is 60.3 Å². The summed E-state index contributed by atoms with van der Waals surface area (Å²) in [6, 6.07) is 0.360. The molecular formula is C19H39N. The maximum atomic E-state index is 6.36. The fourth-order valence-corrected chi connectivity index (χ4v) is 4.70. The van der Waals surface area contributed by atoms with Crippen molar-refractivity contribution in [2.45, 2.75) is 86.1 Å². The van der Waals surface area contributed by atoms with Gasteiger partial charge in [0, 0.05) is 6.04 Å². The molecular weight excluding hydrogens is 242 g/mol. The van der Waals surface area contributed by atoms with Crippen LogP contribution in [0.1, 0.15) is 80.1 Å². The van der Waals surface area contributed by atoms with E-state index in [0.717, 1.165) is 35.5 Å². The minimum atomic E-state index is 0.360. The summed E-state index contributed by atoms with van der Waals surface area (Å²) in [7, 11) is 0. The van der Waals surface area contributed by atoms with Crippen LogP contribution in [0.4, 0.5) is 0 Å². The first-order chi connectivity index (χ1) is 9.42. The molecule has 0 aromatic heterocycles. The predicted molar refractivity (Wildman–Crippen MR) is 90.7 cm³/mol. The van der Waals surface area contributed by atoms with E-state index in [4.69, 9.17) is 5.73 Å². The summed E-state index contributed by atoms with van der Waals surface area (Å²) in [5, 5.41) is 0. The summed E-state index contributed by atoms with van der Waals surface area (Å²) < 4.78 is 0. The van der Waals surface area contributed by atoms with Crippen LogP contribution in [0.2, 0.25) is 0 Å². The monoisotopic (exact) mass is 281 g/mol.